The predicted molar refractivity (Wildman–Crippen MR) is 117 cm³/mol. The number of aromatic nitrogens is 1. The van der Waals surface area contributed by atoms with Crippen molar-refractivity contribution in [3.05, 3.63) is 36.0 Å². The van der Waals surface area contributed by atoms with Gasteiger partial charge in [-0.05, 0) is 36.8 Å². The van der Waals surface area contributed by atoms with Crippen LogP contribution in [0.25, 0.3) is 10.9 Å². The molecule has 1 aromatic heterocycles. The van der Waals surface area contributed by atoms with Gasteiger partial charge in [-0.15, -0.1) is 0 Å². The number of nitrogens with one attached hydrogen (secondary N) is 2. The SMILES string of the molecule is CC(=O)NCCCCCNC(=O)CCn1c(CN(C)N(C)C=O)cc2ccccc21. The Labute approximate surface area is 178 Å². The number of amides is 3. The van der Waals surface area contributed by atoms with Gasteiger partial charge in [-0.25, -0.2) is 5.01 Å². The number of benzene rings is 1. The minimum absolute atomic E-state index is 0.00999. The first-order valence-electron chi connectivity index (χ1n) is 10.4. The fourth-order valence-electron chi connectivity index (χ4n) is 3.31. The molecule has 0 aliphatic rings. The molecule has 2 rings (SSSR count). The van der Waals surface area contributed by atoms with Crippen LogP contribution in [0.1, 0.15) is 38.3 Å². The molecule has 3 amide bonds. The summed E-state index contributed by atoms with van der Waals surface area (Å²) < 4.78 is 2.15. The lowest BCUT2D eigenvalue weighted by Gasteiger charge is -2.25. The highest BCUT2D eigenvalue weighted by Gasteiger charge is 2.13. The van der Waals surface area contributed by atoms with Crippen LogP contribution in [0, 0.1) is 0 Å². The highest BCUT2D eigenvalue weighted by atomic mass is 16.2. The number of unbranched alkanes of at least 4 members (excludes halogenated alkanes) is 2. The lowest BCUT2D eigenvalue weighted by Crippen LogP contribution is -2.35. The molecule has 1 aromatic carbocycles. The Kier molecular flexibility index (Phi) is 9.34. The largest absolute Gasteiger partial charge is 0.356 e. The number of nitrogens with zero attached hydrogens (tertiary/aromatic N) is 3. The maximum absolute atomic E-state index is 12.3. The van der Waals surface area contributed by atoms with Gasteiger partial charge in [-0.1, -0.05) is 18.2 Å². The zero-order valence-corrected chi connectivity index (χ0v) is 18.2. The van der Waals surface area contributed by atoms with Crippen LogP contribution in [0.4, 0.5) is 0 Å². The Balaban J connectivity index is 1.87. The first kappa shape index (κ1) is 23.4. The third kappa shape index (κ3) is 7.18. The summed E-state index contributed by atoms with van der Waals surface area (Å²) >= 11 is 0. The van der Waals surface area contributed by atoms with Crippen LogP contribution in [0.2, 0.25) is 0 Å². The summed E-state index contributed by atoms with van der Waals surface area (Å²) in [5.74, 6) is 0.0168. The molecule has 1 heterocycles. The standard InChI is InChI=1S/C22H33N5O3/c1-18(29)23-12-7-4-8-13-24-22(30)11-14-27-20(16-25(2)26(3)17-28)15-19-9-5-6-10-21(19)27/h5-6,9-10,15,17H,4,7-8,11-14,16H2,1-3H3,(H,23,29)(H,24,30). The van der Waals surface area contributed by atoms with Crippen molar-refractivity contribution in [2.45, 2.75) is 45.7 Å². The normalized spacial score (nSPS) is 10.9. The number of para-hydroxylation sites is 1. The summed E-state index contributed by atoms with van der Waals surface area (Å²) in [5, 5.41) is 10.2. The molecule has 0 saturated carbocycles. The van der Waals surface area contributed by atoms with Gasteiger partial charge in [0.25, 0.3) is 0 Å². The maximum atomic E-state index is 12.3. The number of fused-ring (bicyclic) bond motifs is 1. The molecule has 30 heavy (non-hydrogen) atoms. The molecule has 0 saturated heterocycles. The number of hydrogen-bond acceptors (Lipinski definition) is 4. The molecule has 0 aliphatic heterocycles. The highest BCUT2D eigenvalue weighted by molar-refractivity contribution is 5.82. The predicted octanol–water partition coefficient (Wildman–Crippen LogP) is 1.89. The third-order valence-corrected chi connectivity index (χ3v) is 5.09. The van der Waals surface area contributed by atoms with E-state index in [1.54, 1.807) is 7.05 Å². The minimum Gasteiger partial charge on any atom is -0.356 e. The van der Waals surface area contributed by atoms with E-state index < -0.39 is 0 Å². The van der Waals surface area contributed by atoms with E-state index in [1.165, 1.54) is 11.9 Å². The van der Waals surface area contributed by atoms with E-state index in [4.69, 9.17) is 0 Å². The average molecular weight is 416 g/mol. The van der Waals surface area contributed by atoms with Crippen LogP contribution in [0.3, 0.4) is 0 Å². The number of hydrogen-bond donors (Lipinski definition) is 2. The van der Waals surface area contributed by atoms with E-state index in [9.17, 15) is 14.4 Å². The maximum Gasteiger partial charge on any atom is 0.223 e. The third-order valence-electron chi connectivity index (χ3n) is 5.09. The minimum atomic E-state index is -0.00999. The molecule has 0 spiro atoms. The van der Waals surface area contributed by atoms with Crippen molar-refractivity contribution in [1.29, 1.82) is 0 Å². The van der Waals surface area contributed by atoms with Crippen LogP contribution in [-0.4, -0.2) is 60.0 Å². The molecule has 2 aromatic rings. The van der Waals surface area contributed by atoms with Crippen molar-refractivity contribution in [2.75, 3.05) is 27.2 Å². The molecule has 0 unspecified atom stereocenters. The van der Waals surface area contributed by atoms with Crippen LogP contribution in [0.15, 0.2) is 30.3 Å². The van der Waals surface area contributed by atoms with Crippen molar-refractivity contribution in [3.8, 4) is 0 Å². The Morgan fingerprint density at radius 2 is 1.77 bits per heavy atom. The monoisotopic (exact) mass is 415 g/mol. The Morgan fingerprint density at radius 3 is 2.47 bits per heavy atom. The number of aryl methyl sites for hydroxylation is 1. The molecule has 0 atom stereocenters. The fourth-order valence-corrected chi connectivity index (χ4v) is 3.31. The molecule has 0 aliphatic carbocycles. The first-order chi connectivity index (χ1) is 14.4. The number of carbonyl (C=O) groups excluding carboxylic acids is 3. The Hall–Kier alpha value is -2.87. The zero-order chi connectivity index (χ0) is 21.9. The van der Waals surface area contributed by atoms with Gasteiger partial charge in [0.05, 0.1) is 6.54 Å². The van der Waals surface area contributed by atoms with E-state index in [0.29, 0.717) is 32.6 Å². The van der Waals surface area contributed by atoms with Gasteiger partial charge in [-0.2, -0.15) is 0 Å². The molecule has 8 nitrogen and oxygen atoms in total. The second kappa shape index (κ2) is 12.0. The van der Waals surface area contributed by atoms with Gasteiger partial charge < -0.3 is 15.2 Å². The Bertz CT molecular complexity index is 848. The quantitative estimate of drug-likeness (QED) is 0.297. The second-order valence-electron chi connectivity index (χ2n) is 7.48. The second-order valence-corrected chi connectivity index (χ2v) is 7.48. The van der Waals surface area contributed by atoms with Crippen LogP contribution < -0.4 is 10.6 Å². The van der Waals surface area contributed by atoms with Crippen LogP contribution in [-0.2, 0) is 27.5 Å². The van der Waals surface area contributed by atoms with Crippen LogP contribution in [0.5, 0.6) is 0 Å². The lowest BCUT2D eigenvalue weighted by molar-refractivity contribution is -0.130. The summed E-state index contributed by atoms with van der Waals surface area (Å²) in [6.45, 7) is 3.99. The lowest BCUT2D eigenvalue weighted by atomic mass is 10.2. The molecular formula is C22H33N5O3. The number of hydrazine groups is 1. The highest BCUT2D eigenvalue weighted by Crippen LogP contribution is 2.21. The van der Waals surface area contributed by atoms with Crippen molar-refractivity contribution in [3.63, 3.8) is 0 Å². The molecule has 0 bridgehead atoms. The fraction of sp³-hybridized carbons (Fsp3) is 0.500. The van der Waals surface area contributed by atoms with Crippen molar-refractivity contribution in [1.82, 2.24) is 25.2 Å². The topological polar surface area (TPSA) is 86.7 Å². The van der Waals surface area contributed by atoms with E-state index >= 15 is 0 Å². The van der Waals surface area contributed by atoms with E-state index in [2.05, 4.69) is 33.4 Å². The summed E-state index contributed by atoms with van der Waals surface area (Å²) in [4.78, 5) is 34.1. The number of carbonyl (C=O) groups is 3. The van der Waals surface area contributed by atoms with E-state index in [1.807, 2.05) is 24.2 Å². The zero-order valence-electron chi connectivity index (χ0n) is 18.2. The van der Waals surface area contributed by atoms with Gasteiger partial charge in [0.1, 0.15) is 0 Å². The summed E-state index contributed by atoms with van der Waals surface area (Å²) in [6.07, 6.45) is 3.94. The molecule has 0 radical (unpaired) electrons. The van der Waals surface area contributed by atoms with E-state index in [-0.39, 0.29) is 11.8 Å². The molecule has 0 fully saturated rings. The van der Waals surface area contributed by atoms with Crippen LogP contribution >= 0.6 is 0 Å². The van der Waals surface area contributed by atoms with Gasteiger partial charge in [-0.3, -0.25) is 19.4 Å². The van der Waals surface area contributed by atoms with Gasteiger partial charge in [0.15, 0.2) is 0 Å². The van der Waals surface area contributed by atoms with Gasteiger partial charge in [0, 0.05) is 58.3 Å². The first-order valence-corrected chi connectivity index (χ1v) is 10.4. The average Bonchev–Trinajstić information content (AvgIpc) is 3.07. The molecule has 2 N–H and O–H groups in total. The summed E-state index contributed by atoms with van der Waals surface area (Å²) in [6, 6.07) is 10.2. The van der Waals surface area contributed by atoms with E-state index in [0.717, 1.165) is 42.3 Å². The van der Waals surface area contributed by atoms with Crippen molar-refractivity contribution >= 4 is 29.1 Å². The smallest absolute Gasteiger partial charge is 0.223 e. The number of rotatable bonds is 13. The molecule has 164 valence electrons. The molecule has 8 heteroatoms. The molecular weight excluding hydrogens is 382 g/mol. The van der Waals surface area contributed by atoms with Gasteiger partial charge in [0.2, 0.25) is 18.2 Å². The van der Waals surface area contributed by atoms with Crippen molar-refractivity contribution in [2.24, 2.45) is 0 Å². The summed E-state index contributed by atoms with van der Waals surface area (Å²) in [5.41, 5.74) is 2.14. The summed E-state index contributed by atoms with van der Waals surface area (Å²) in [7, 11) is 3.57. The van der Waals surface area contributed by atoms with Gasteiger partial charge >= 0.3 is 0 Å². The van der Waals surface area contributed by atoms with Crippen molar-refractivity contribution < 1.29 is 14.4 Å². The Morgan fingerprint density at radius 1 is 1.07 bits per heavy atom.